The SMILES string of the molecule is COc1ccc(CNCc2cc3cc4c(cc3[nH]c2=O)OCCO4)cc1. The first-order chi connectivity index (χ1) is 12.7. The van der Waals surface area contributed by atoms with Crippen LogP contribution in [0.3, 0.4) is 0 Å². The molecular formula is C20H20N2O4. The molecule has 1 aromatic heterocycles. The molecule has 134 valence electrons. The number of nitrogens with one attached hydrogen (secondary N) is 2. The van der Waals surface area contributed by atoms with Crippen molar-refractivity contribution in [3.05, 3.63) is 63.9 Å². The third-order valence-corrected chi connectivity index (χ3v) is 4.39. The molecule has 1 aliphatic rings. The Hall–Kier alpha value is -2.99. The van der Waals surface area contributed by atoms with Crippen LogP contribution in [0.4, 0.5) is 0 Å². The van der Waals surface area contributed by atoms with E-state index < -0.39 is 0 Å². The van der Waals surface area contributed by atoms with Gasteiger partial charge in [-0.3, -0.25) is 4.79 Å². The van der Waals surface area contributed by atoms with Gasteiger partial charge in [0.1, 0.15) is 19.0 Å². The second-order valence-electron chi connectivity index (χ2n) is 6.16. The quantitative estimate of drug-likeness (QED) is 0.738. The number of aromatic nitrogens is 1. The van der Waals surface area contributed by atoms with Crippen LogP contribution in [0, 0.1) is 0 Å². The zero-order chi connectivity index (χ0) is 17.9. The van der Waals surface area contributed by atoms with Crippen LogP contribution in [0.25, 0.3) is 10.9 Å². The average molecular weight is 352 g/mol. The topological polar surface area (TPSA) is 72.6 Å². The van der Waals surface area contributed by atoms with E-state index in [0.717, 1.165) is 22.2 Å². The highest BCUT2D eigenvalue weighted by atomic mass is 16.6. The van der Waals surface area contributed by atoms with Crippen LogP contribution in [-0.2, 0) is 13.1 Å². The smallest absolute Gasteiger partial charge is 0.252 e. The molecule has 2 heterocycles. The molecule has 0 saturated heterocycles. The van der Waals surface area contributed by atoms with Gasteiger partial charge in [0.15, 0.2) is 11.5 Å². The van der Waals surface area contributed by atoms with Gasteiger partial charge in [-0.1, -0.05) is 12.1 Å². The average Bonchev–Trinajstić information content (AvgIpc) is 2.67. The number of H-pyrrole nitrogens is 1. The molecule has 0 radical (unpaired) electrons. The molecule has 0 spiro atoms. The molecule has 4 rings (SSSR count). The second-order valence-corrected chi connectivity index (χ2v) is 6.16. The summed E-state index contributed by atoms with van der Waals surface area (Å²) in [5, 5.41) is 4.23. The fraction of sp³-hybridized carbons (Fsp3) is 0.250. The van der Waals surface area contributed by atoms with Crippen molar-refractivity contribution >= 4 is 10.9 Å². The highest BCUT2D eigenvalue weighted by molar-refractivity contribution is 5.83. The van der Waals surface area contributed by atoms with E-state index >= 15 is 0 Å². The van der Waals surface area contributed by atoms with Crippen molar-refractivity contribution < 1.29 is 14.2 Å². The van der Waals surface area contributed by atoms with Crippen molar-refractivity contribution in [2.75, 3.05) is 20.3 Å². The predicted molar refractivity (Wildman–Crippen MR) is 99.1 cm³/mol. The summed E-state index contributed by atoms with van der Waals surface area (Å²) in [6, 6.07) is 13.5. The minimum atomic E-state index is -0.101. The van der Waals surface area contributed by atoms with Crippen molar-refractivity contribution in [2.45, 2.75) is 13.1 Å². The predicted octanol–water partition coefficient (Wildman–Crippen LogP) is 2.60. The zero-order valence-corrected chi connectivity index (χ0v) is 14.5. The minimum Gasteiger partial charge on any atom is -0.497 e. The molecule has 0 atom stereocenters. The van der Waals surface area contributed by atoms with Gasteiger partial charge >= 0.3 is 0 Å². The highest BCUT2D eigenvalue weighted by Gasteiger charge is 2.14. The monoisotopic (exact) mass is 352 g/mol. The van der Waals surface area contributed by atoms with Crippen molar-refractivity contribution in [2.24, 2.45) is 0 Å². The number of pyridine rings is 1. The van der Waals surface area contributed by atoms with Gasteiger partial charge in [0.25, 0.3) is 5.56 Å². The summed E-state index contributed by atoms with van der Waals surface area (Å²) in [5.41, 5.74) is 2.46. The number of rotatable bonds is 5. The third-order valence-electron chi connectivity index (χ3n) is 4.39. The lowest BCUT2D eigenvalue weighted by molar-refractivity contribution is 0.172. The maximum absolute atomic E-state index is 12.3. The van der Waals surface area contributed by atoms with E-state index in [4.69, 9.17) is 14.2 Å². The number of benzene rings is 2. The van der Waals surface area contributed by atoms with E-state index in [2.05, 4.69) is 10.3 Å². The van der Waals surface area contributed by atoms with E-state index in [-0.39, 0.29) is 5.56 Å². The summed E-state index contributed by atoms with van der Waals surface area (Å²) >= 11 is 0. The lowest BCUT2D eigenvalue weighted by Gasteiger charge is -2.18. The normalized spacial score (nSPS) is 13.0. The first-order valence-corrected chi connectivity index (χ1v) is 8.52. The van der Waals surface area contributed by atoms with Crippen LogP contribution in [0.5, 0.6) is 17.2 Å². The molecule has 0 aliphatic carbocycles. The van der Waals surface area contributed by atoms with Gasteiger partial charge in [-0.05, 0) is 29.8 Å². The van der Waals surface area contributed by atoms with Gasteiger partial charge < -0.3 is 24.5 Å². The summed E-state index contributed by atoms with van der Waals surface area (Å²) in [6.07, 6.45) is 0. The Morgan fingerprint density at radius 2 is 1.77 bits per heavy atom. The van der Waals surface area contributed by atoms with E-state index in [1.165, 1.54) is 0 Å². The number of methoxy groups -OCH3 is 1. The maximum Gasteiger partial charge on any atom is 0.252 e. The fourth-order valence-electron chi connectivity index (χ4n) is 3.00. The summed E-state index contributed by atoms with van der Waals surface area (Å²) in [7, 11) is 1.65. The van der Waals surface area contributed by atoms with Crippen molar-refractivity contribution in [3.63, 3.8) is 0 Å². The summed E-state index contributed by atoms with van der Waals surface area (Å²) < 4.78 is 16.3. The van der Waals surface area contributed by atoms with E-state index in [0.29, 0.717) is 43.4 Å². The molecule has 1 aliphatic heterocycles. The van der Waals surface area contributed by atoms with Crippen molar-refractivity contribution in [1.29, 1.82) is 0 Å². The zero-order valence-electron chi connectivity index (χ0n) is 14.5. The van der Waals surface area contributed by atoms with Crippen LogP contribution in [0.1, 0.15) is 11.1 Å². The molecule has 26 heavy (non-hydrogen) atoms. The van der Waals surface area contributed by atoms with E-state index in [1.54, 1.807) is 7.11 Å². The largest absolute Gasteiger partial charge is 0.497 e. The lowest BCUT2D eigenvalue weighted by Crippen LogP contribution is -2.21. The molecular weight excluding hydrogens is 332 g/mol. The van der Waals surface area contributed by atoms with Gasteiger partial charge in [-0.25, -0.2) is 0 Å². The second kappa shape index (κ2) is 7.09. The molecule has 2 N–H and O–H groups in total. The van der Waals surface area contributed by atoms with Crippen molar-refractivity contribution in [1.82, 2.24) is 10.3 Å². The maximum atomic E-state index is 12.3. The van der Waals surface area contributed by atoms with Crippen LogP contribution >= 0.6 is 0 Å². The first-order valence-electron chi connectivity index (χ1n) is 8.52. The van der Waals surface area contributed by atoms with Gasteiger partial charge in [0.2, 0.25) is 0 Å². The molecule has 3 aromatic rings. The Morgan fingerprint density at radius 1 is 1.04 bits per heavy atom. The Labute approximate surface area is 150 Å². The standard InChI is InChI=1S/C20H20N2O4/c1-24-16-4-2-13(3-5-16)11-21-12-15-8-14-9-18-19(26-7-6-25-18)10-17(14)22-20(15)23/h2-5,8-10,21H,6-7,11-12H2,1H3,(H,22,23). The number of aromatic amines is 1. The Bertz CT molecular complexity index is 980. The molecule has 6 nitrogen and oxygen atoms in total. The molecule has 0 amide bonds. The number of fused-ring (bicyclic) bond motifs is 2. The molecule has 2 aromatic carbocycles. The Balaban J connectivity index is 1.50. The van der Waals surface area contributed by atoms with E-state index in [1.807, 2.05) is 42.5 Å². The highest BCUT2D eigenvalue weighted by Crippen LogP contribution is 2.33. The summed E-state index contributed by atoms with van der Waals surface area (Å²) in [6.45, 7) is 2.21. The van der Waals surface area contributed by atoms with Crippen molar-refractivity contribution in [3.8, 4) is 17.2 Å². The summed E-state index contributed by atoms with van der Waals surface area (Å²) in [4.78, 5) is 15.3. The Morgan fingerprint density at radius 3 is 2.50 bits per heavy atom. The molecule has 0 unspecified atom stereocenters. The van der Waals surface area contributed by atoms with Gasteiger partial charge in [0, 0.05) is 30.1 Å². The third kappa shape index (κ3) is 3.36. The molecule has 0 fully saturated rings. The van der Waals surface area contributed by atoms with E-state index in [9.17, 15) is 4.79 Å². The van der Waals surface area contributed by atoms with Crippen LogP contribution < -0.4 is 25.1 Å². The van der Waals surface area contributed by atoms with Gasteiger partial charge in [-0.15, -0.1) is 0 Å². The molecule has 0 bridgehead atoms. The summed E-state index contributed by atoms with van der Waals surface area (Å²) in [5.74, 6) is 2.21. The first kappa shape index (κ1) is 16.5. The fourth-order valence-corrected chi connectivity index (χ4v) is 3.00. The van der Waals surface area contributed by atoms with Gasteiger partial charge in [-0.2, -0.15) is 0 Å². The Kier molecular flexibility index (Phi) is 4.50. The lowest BCUT2D eigenvalue weighted by atomic mass is 10.1. The van der Waals surface area contributed by atoms with Crippen LogP contribution in [-0.4, -0.2) is 25.3 Å². The molecule has 0 saturated carbocycles. The van der Waals surface area contributed by atoms with Crippen LogP contribution in [0.15, 0.2) is 47.3 Å². The van der Waals surface area contributed by atoms with Gasteiger partial charge in [0.05, 0.1) is 12.6 Å². The van der Waals surface area contributed by atoms with Crippen LogP contribution in [0.2, 0.25) is 0 Å². The minimum absolute atomic E-state index is 0.101. The number of ether oxygens (including phenoxy) is 3. The number of hydrogen-bond donors (Lipinski definition) is 2. The molecule has 6 heteroatoms. The number of hydrogen-bond acceptors (Lipinski definition) is 5.